The van der Waals surface area contributed by atoms with Crippen LogP contribution in [0.25, 0.3) is 0 Å². The predicted molar refractivity (Wildman–Crippen MR) is 55.2 cm³/mol. The van der Waals surface area contributed by atoms with E-state index in [1.54, 1.807) is 12.1 Å². The molecule has 0 aliphatic carbocycles. The van der Waals surface area contributed by atoms with Gasteiger partial charge in [0.1, 0.15) is 0 Å². The molecule has 0 fully saturated rings. The number of hydrogen-bond donors (Lipinski definition) is 0. The van der Waals surface area contributed by atoms with Crippen LogP contribution in [0.4, 0.5) is 0 Å². The largest absolute Gasteiger partial charge is 0.769 e. The summed E-state index contributed by atoms with van der Waals surface area (Å²) in [4.78, 5) is 0. The minimum Gasteiger partial charge on any atom is -0.769 e. The maximum Gasteiger partial charge on any atom is 0.222 e. The van der Waals surface area contributed by atoms with E-state index < -0.39 is 26.9 Å². The Morgan fingerprint density at radius 3 is 2.06 bits per heavy atom. The summed E-state index contributed by atoms with van der Waals surface area (Å²) in [5.74, 6) is 0.298. The van der Waals surface area contributed by atoms with Crippen LogP contribution in [-0.2, 0) is 22.2 Å². The van der Waals surface area contributed by atoms with Crippen molar-refractivity contribution in [2.45, 2.75) is 4.77 Å². The molecule has 1 aromatic rings. The van der Waals surface area contributed by atoms with E-state index in [1.165, 1.54) is 19.2 Å². The van der Waals surface area contributed by atoms with E-state index in [1.807, 2.05) is 0 Å². The average molecular weight is 264 g/mol. The molecule has 8 heteroatoms. The van der Waals surface area contributed by atoms with Crippen molar-refractivity contribution >= 4 is 22.2 Å². The molecule has 0 saturated carbocycles. The Labute approximate surface area is 97.1 Å². The van der Waals surface area contributed by atoms with Crippen molar-refractivity contribution in [1.29, 1.82) is 0 Å². The summed E-state index contributed by atoms with van der Waals surface area (Å²) in [5.41, 5.74) is 0. The number of methoxy groups -OCH3 is 1. The van der Waals surface area contributed by atoms with Crippen LogP contribution in [0.1, 0.15) is 0 Å². The van der Waals surface area contributed by atoms with Gasteiger partial charge in [0.25, 0.3) is 0 Å². The molecule has 2 unspecified atom stereocenters. The number of ether oxygens (including phenoxy) is 2. The highest BCUT2D eigenvalue weighted by atomic mass is 32.3. The number of rotatable bonds is 5. The lowest BCUT2D eigenvalue weighted by Gasteiger charge is -2.23. The van der Waals surface area contributed by atoms with Crippen molar-refractivity contribution in [3.63, 3.8) is 0 Å². The van der Waals surface area contributed by atoms with Gasteiger partial charge >= 0.3 is 0 Å². The molecule has 0 spiro atoms. The van der Waals surface area contributed by atoms with E-state index in [4.69, 9.17) is 9.47 Å². The van der Waals surface area contributed by atoms with Crippen molar-refractivity contribution in [1.82, 2.24) is 0 Å². The fourth-order valence-electron chi connectivity index (χ4n) is 0.963. The lowest BCUT2D eigenvalue weighted by molar-refractivity contribution is 0.300. The van der Waals surface area contributed by atoms with Crippen LogP contribution in [0, 0.1) is 0 Å². The molecule has 2 atom stereocenters. The summed E-state index contributed by atoms with van der Waals surface area (Å²) in [6.07, 6.45) is 0. The zero-order chi connectivity index (χ0) is 12.1. The van der Waals surface area contributed by atoms with Gasteiger partial charge in [0.2, 0.25) is 4.77 Å². The van der Waals surface area contributed by atoms with Crippen molar-refractivity contribution in [2.24, 2.45) is 0 Å². The second-order valence-corrected chi connectivity index (χ2v) is 4.78. The Kier molecular flexibility index (Phi) is 4.87. The molecule has 0 bridgehead atoms. The first kappa shape index (κ1) is 13.1. The molecule has 6 nitrogen and oxygen atoms in total. The molecule has 0 heterocycles. The summed E-state index contributed by atoms with van der Waals surface area (Å²) in [7, 11) is 1.36. The van der Waals surface area contributed by atoms with Crippen molar-refractivity contribution < 1.29 is 27.0 Å². The highest BCUT2D eigenvalue weighted by Gasteiger charge is 2.14. The van der Waals surface area contributed by atoms with Crippen LogP contribution in [0.15, 0.2) is 24.3 Å². The van der Waals surface area contributed by atoms with E-state index in [0.717, 1.165) is 0 Å². The van der Waals surface area contributed by atoms with Crippen LogP contribution in [0.3, 0.4) is 0 Å². The van der Waals surface area contributed by atoms with Gasteiger partial charge in [-0.05, 0) is 34.3 Å². The Balaban J connectivity index is 2.93. The fourth-order valence-corrected chi connectivity index (χ4v) is 1.84. The highest BCUT2D eigenvalue weighted by Crippen LogP contribution is 2.27. The third-order valence-corrected chi connectivity index (χ3v) is 3.37. The van der Waals surface area contributed by atoms with Crippen LogP contribution >= 0.6 is 0 Å². The highest BCUT2D eigenvalue weighted by molar-refractivity contribution is 7.97. The van der Waals surface area contributed by atoms with Gasteiger partial charge < -0.3 is 18.6 Å². The summed E-state index contributed by atoms with van der Waals surface area (Å²) in [6, 6.07) is 6.14. The summed E-state index contributed by atoms with van der Waals surface area (Å²) in [5, 5.41) is 0. The van der Waals surface area contributed by atoms with Gasteiger partial charge in [-0.1, -0.05) is 12.1 Å². The van der Waals surface area contributed by atoms with Crippen LogP contribution < -0.4 is 9.47 Å². The van der Waals surface area contributed by atoms with Crippen molar-refractivity contribution in [2.75, 3.05) is 7.11 Å². The minimum atomic E-state index is -2.88. The monoisotopic (exact) mass is 264 g/mol. The number of hydrogen-bond acceptors (Lipinski definition) is 6. The predicted octanol–water partition coefficient (Wildman–Crippen LogP) is 0.116. The summed E-state index contributed by atoms with van der Waals surface area (Å²) in [6.45, 7) is 0. The molecule has 16 heavy (non-hydrogen) atoms. The van der Waals surface area contributed by atoms with Gasteiger partial charge in [-0.2, -0.15) is 0 Å². The molecular weight excluding hydrogens is 256 g/mol. The van der Waals surface area contributed by atoms with E-state index in [9.17, 15) is 17.5 Å². The SMILES string of the molecule is COc1ccccc1OC(S(=O)[O-])S(=O)[O-]. The first-order valence-electron chi connectivity index (χ1n) is 4.02. The van der Waals surface area contributed by atoms with Gasteiger partial charge in [0.15, 0.2) is 11.5 Å². The van der Waals surface area contributed by atoms with Gasteiger partial charge in [-0.15, -0.1) is 0 Å². The van der Waals surface area contributed by atoms with E-state index in [0.29, 0.717) is 0 Å². The molecule has 0 saturated heterocycles. The third kappa shape index (κ3) is 3.27. The van der Waals surface area contributed by atoms with E-state index in [-0.39, 0.29) is 11.5 Å². The summed E-state index contributed by atoms with van der Waals surface area (Å²) >= 11 is -5.77. The lowest BCUT2D eigenvalue weighted by atomic mass is 10.3. The third-order valence-electron chi connectivity index (χ3n) is 1.61. The second kappa shape index (κ2) is 5.94. The Morgan fingerprint density at radius 1 is 1.12 bits per heavy atom. The van der Waals surface area contributed by atoms with Gasteiger partial charge in [-0.3, -0.25) is 8.42 Å². The van der Waals surface area contributed by atoms with Crippen LogP contribution in [-0.4, -0.2) is 29.4 Å². The van der Waals surface area contributed by atoms with Gasteiger partial charge in [0, 0.05) is 0 Å². The standard InChI is InChI=1S/C8H10O6S2/c1-13-6-4-2-3-5-7(6)14-8(15(9)10)16(11)12/h2-5,8H,1H3,(H,9,10)(H,11,12)/p-2. The Bertz CT molecular complexity index is 393. The summed E-state index contributed by atoms with van der Waals surface area (Å²) < 4.78 is 50.1. The fraction of sp³-hybridized carbons (Fsp3) is 0.250. The molecule has 0 aliphatic heterocycles. The van der Waals surface area contributed by atoms with E-state index >= 15 is 0 Å². The maximum absolute atomic E-state index is 10.6. The second-order valence-electron chi connectivity index (χ2n) is 2.58. The first-order valence-corrected chi connectivity index (χ1v) is 6.29. The first-order chi connectivity index (χ1) is 7.56. The molecule has 90 valence electrons. The molecule has 1 aromatic carbocycles. The van der Waals surface area contributed by atoms with Gasteiger partial charge in [-0.25, -0.2) is 0 Å². The van der Waals surface area contributed by atoms with Crippen molar-refractivity contribution in [3.8, 4) is 11.5 Å². The van der Waals surface area contributed by atoms with Crippen LogP contribution in [0.2, 0.25) is 0 Å². The van der Waals surface area contributed by atoms with E-state index in [2.05, 4.69) is 0 Å². The maximum atomic E-state index is 10.6. The number of benzene rings is 1. The normalized spacial score (nSPS) is 16.2. The molecular formula is C8H8O6S2-2. The Hall–Kier alpha value is -0.960. The quantitative estimate of drug-likeness (QED) is 0.700. The molecule has 0 aliphatic rings. The lowest BCUT2D eigenvalue weighted by Crippen LogP contribution is -2.27. The van der Waals surface area contributed by atoms with Crippen LogP contribution in [0.5, 0.6) is 11.5 Å². The molecule has 1 rings (SSSR count). The smallest absolute Gasteiger partial charge is 0.222 e. The number of para-hydroxylation sites is 2. The minimum absolute atomic E-state index is 0.0448. The molecule has 0 N–H and O–H groups in total. The Morgan fingerprint density at radius 2 is 1.62 bits per heavy atom. The molecule has 0 aromatic heterocycles. The molecule has 0 radical (unpaired) electrons. The molecule has 0 amide bonds. The zero-order valence-corrected chi connectivity index (χ0v) is 9.79. The van der Waals surface area contributed by atoms with Crippen molar-refractivity contribution in [3.05, 3.63) is 24.3 Å². The average Bonchev–Trinajstić information content (AvgIpc) is 2.25. The topological polar surface area (TPSA) is 98.7 Å². The zero-order valence-electron chi connectivity index (χ0n) is 8.15. The van der Waals surface area contributed by atoms with Gasteiger partial charge in [0.05, 0.1) is 7.11 Å².